The van der Waals surface area contributed by atoms with Crippen molar-refractivity contribution in [3.05, 3.63) is 39.9 Å². The van der Waals surface area contributed by atoms with Crippen LogP contribution in [0, 0.1) is 18.8 Å². The number of ether oxygens (including phenoxy) is 1. The molecule has 0 radical (unpaired) electrons. The molecule has 3 fully saturated rings. The number of hydrogen-bond acceptors (Lipinski definition) is 7. The maximum atomic E-state index is 13.5. The Kier molecular flexibility index (Phi) is 7.99. The van der Waals surface area contributed by atoms with Crippen LogP contribution in [0.5, 0.6) is 0 Å². The quantitative estimate of drug-likeness (QED) is 0.375. The molecule has 0 saturated carbocycles. The molecule has 1 N–H and O–H groups in total. The number of fused-ring (bicyclic) bond motifs is 1. The monoisotopic (exact) mass is 505 g/mol. The van der Waals surface area contributed by atoms with Crippen molar-refractivity contribution < 1.29 is 14.3 Å². The van der Waals surface area contributed by atoms with Crippen molar-refractivity contribution in [1.82, 2.24) is 24.7 Å². The zero-order chi connectivity index (χ0) is 25.8. The van der Waals surface area contributed by atoms with Gasteiger partial charge in [0.15, 0.2) is 0 Å². The summed E-state index contributed by atoms with van der Waals surface area (Å²) in [5.74, 6) is 6.12. The molecule has 1 atom stereocenters. The zero-order valence-corrected chi connectivity index (χ0v) is 21.5. The number of carbonyl (C=O) groups excluding carboxylic acids is 2. The summed E-state index contributed by atoms with van der Waals surface area (Å²) in [4.78, 5) is 47.2. The fourth-order valence-electron chi connectivity index (χ4n) is 5.75. The fraction of sp³-hybridized carbons (Fsp3) is 0.571. The van der Waals surface area contributed by atoms with Crippen molar-refractivity contribution in [1.29, 1.82) is 0 Å². The molecule has 9 nitrogen and oxygen atoms in total. The first-order chi connectivity index (χ1) is 18.0. The van der Waals surface area contributed by atoms with Crippen LogP contribution in [0.25, 0.3) is 10.9 Å². The minimum Gasteiger partial charge on any atom is -0.379 e. The van der Waals surface area contributed by atoms with Gasteiger partial charge in [-0.15, -0.1) is 0 Å². The highest BCUT2D eigenvalue weighted by Crippen LogP contribution is 2.21. The summed E-state index contributed by atoms with van der Waals surface area (Å²) in [7, 11) is 0. The molecule has 37 heavy (non-hydrogen) atoms. The van der Waals surface area contributed by atoms with E-state index in [1.807, 2.05) is 12.1 Å². The number of unbranched alkanes of at least 4 members (excludes halogenated alkanes) is 1. The van der Waals surface area contributed by atoms with Gasteiger partial charge in [0, 0.05) is 37.5 Å². The molecule has 4 heterocycles. The van der Waals surface area contributed by atoms with E-state index in [9.17, 15) is 14.4 Å². The topological polar surface area (TPSA) is 96.8 Å². The minimum absolute atomic E-state index is 0.201. The van der Waals surface area contributed by atoms with E-state index in [-0.39, 0.29) is 24.3 Å². The number of aromatic nitrogens is 2. The Morgan fingerprint density at radius 3 is 2.62 bits per heavy atom. The number of hydrogen-bond donors (Lipinski definition) is 1. The van der Waals surface area contributed by atoms with Crippen LogP contribution >= 0.6 is 0 Å². The van der Waals surface area contributed by atoms with Gasteiger partial charge in [-0.3, -0.25) is 29.2 Å². The van der Waals surface area contributed by atoms with Crippen molar-refractivity contribution in [2.24, 2.45) is 0 Å². The van der Waals surface area contributed by atoms with E-state index in [0.29, 0.717) is 28.3 Å². The Labute approximate surface area is 217 Å². The molecule has 5 rings (SSSR count). The predicted molar refractivity (Wildman–Crippen MR) is 140 cm³/mol. The summed E-state index contributed by atoms with van der Waals surface area (Å²) in [5.41, 5.74) is 0.911. The van der Waals surface area contributed by atoms with E-state index in [0.717, 1.165) is 58.8 Å². The van der Waals surface area contributed by atoms with Crippen molar-refractivity contribution in [2.45, 2.75) is 57.5 Å². The number of likely N-dealkylation sites (tertiary alicyclic amines) is 1. The Morgan fingerprint density at radius 1 is 1.08 bits per heavy atom. The van der Waals surface area contributed by atoms with Gasteiger partial charge in [-0.25, -0.2) is 4.98 Å². The lowest BCUT2D eigenvalue weighted by atomic mass is 10.0. The van der Waals surface area contributed by atoms with Gasteiger partial charge in [0.25, 0.3) is 5.56 Å². The highest BCUT2D eigenvalue weighted by atomic mass is 16.5. The van der Waals surface area contributed by atoms with Gasteiger partial charge in [-0.2, -0.15) is 0 Å². The lowest BCUT2D eigenvalue weighted by Crippen LogP contribution is -2.49. The predicted octanol–water partition coefficient (Wildman–Crippen LogP) is 1.61. The van der Waals surface area contributed by atoms with Crippen molar-refractivity contribution in [3.8, 4) is 11.8 Å². The third kappa shape index (κ3) is 5.77. The summed E-state index contributed by atoms with van der Waals surface area (Å²) in [5, 5.41) is 2.76. The third-order valence-electron chi connectivity index (χ3n) is 7.75. The van der Waals surface area contributed by atoms with Crippen molar-refractivity contribution in [2.75, 3.05) is 45.9 Å². The first kappa shape index (κ1) is 25.6. The molecule has 0 aliphatic carbocycles. The molecule has 3 saturated heterocycles. The van der Waals surface area contributed by atoms with Crippen LogP contribution in [0.1, 0.15) is 56.0 Å². The molecule has 1 aromatic carbocycles. The number of morpholine rings is 1. The number of benzene rings is 1. The van der Waals surface area contributed by atoms with Gasteiger partial charge >= 0.3 is 0 Å². The first-order valence-electron chi connectivity index (χ1n) is 13.4. The highest BCUT2D eigenvalue weighted by Gasteiger charge is 2.31. The van der Waals surface area contributed by atoms with E-state index in [2.05, 4.69) is 31.9 Å². The van der Waals surface area contributed by atoms with Gasteiger partial charge in [0.2, 0.25) is 11.8 Å². The number of piperidine rings is 2. The molecule has 0 bridgehead atoms. The number of amides is 2. The zero-order valence-electron chi connectivity index (χ0n) is 21.5. The first-order valence-corrected chi connectivity index (χ1v) is 13.4. The normalized spacial score (nSPS) is 22.0. The Bertz CT molecular complexity index is 1280. The van der Waals surface area contributed by atoms with Gasteiger partial charge in [-0.05, 0) is 64.4 Å². The van der Waals surface area contributed by atoms with Crippen LogP contribution in [0.4, 0.5) is 0 Å². The molecule has 2 amide bonds. The molecule has 1 aromatic heterocycles. The number of imide groups is 1. The molecule has 1 unspecified atom stereocenters. The smallest absolute Gasteiger partial charge is 0.263 e. The van der Waals surface area contributed by atoms with E-state index >= 15 is 0 Å². The number of rotatable bonds is 5. The van der Waals surface area contributed by atoms with Crippen LogP contribution in [0.2, 0.25) is 0 Å². The highest BCUT2D eigenvalue weighted by molar-refractivity contribution is 5.99. The average Bonchev–Trinajstić information content (AvgIpc) is 2.90. The molecule has 9 heteroatoms. The fourth-order valence-corrected chi connectivity index (χ4v) is 5.75. The van der Waals surface area contributed by atoms with E-state index < -0.39 is 11.9 Å². The molecule has 3 aliphatic rings. The molecule has 3 aliphatic heterocycles. The molecular weight excluding hydrogens is 470 g/mol. The second-order valence-corrected chi connectivity index (χ2v) is 10.1. The second kappa shape index (κ2) is 11.5. The van der Waals surface area contributed by atoms with Crippen LogP contribution in [0.3, 0.4) is 0 Å². The van der Waals surface area contributed by atoms with Gasteiger partial charge in [-0.1, -0.05) is 17.9 Å². The standard InChI is InChI=1S/C28H35N5O4/c1-20-29-23-8-5-7-21(26(23)28(36)33(20)24-9-10-25(34)30-27(24)35)6-3-2-4-13-31-14-11-22(12-15-31)32-16-18-37-19-17-32/h5,7-8,22,24H,2,4,9-19H2,1H3,(H,30,34,35). The minimum atomic E-state index is -0.740. The maximum Gasteiger partial charge on any atom is 0.263 e. The third-order valence-corrected chi connectivity index (χ3v) is 7.75. The summed E-state index contributed by atoms with van der Waals surface area (Å²) in [6.45, 7) is 8.83. The number of nitrogens with one attached hydrogen (secondary N) is 1. The van der Waals surface area contributed by atoms with Crippen molar-refractivity contribution >= 4 is 22.7 Å². The molecule has 0 spiro atoms. The lowest BCUT2D eigenvalue weighted by Gasteiger charge is -2.40. The van der Waals surface area contributed by atoms with Crippen LogP contribution < -0.4 is 10.9 Å². The van der Waals surface area contributed by atoms with Gasteiger partial charge < -0.3 is 9.64 Å². The largest absolute Gasteiger partial charge is 0.379 e. The Hall–Kier alpha value is -3.06. The number of carbonyl (C=O) groups is 2. The average molecular weight is 506 g/mol. The summed E-state index contributed by atoms with van der Waals surface area (Å²) in [6, 6.07) is 5.43. The van der Waals surface area contributed by atoms with Gasteiger partial charge in [0.1, 0.15) is 11.9 Å². The second-order valence-electron chi connectivity index (χ2n) is 10.1. The Balaban J connectivity index is 1.22. The summed E-state index contributed by atoms with van der Waals surface area (Å²) >= 11 is 0. The number of aryl methyl sites for hydroxylation is 1. The van der Waals surface area contributed by atoms with Crippen LogP contribution in [0.15, 0.2) is 23.0 Å². The van der Waals surface area contributed by atoms with E-state index in [4.69, 9.17) is 4.74 Å². The SMILES string of the molecule is Cc1nc2cccc(C#CCCCN3CCC(N4CCOCC4)CC3)c2c(=O)n1C1CCC(=O)NC1=O. The van der Waals surface area contributed by atoms with E-state index in [1.165, 1.54) is 17.4 Å². The Morgan fingerprint density at radius 2 is 1.86 bits per heavy atom. The summed E-state index contributed by atoms with van der Waals surface area (Å²) in [6.07, 6.45) is 4.65. The van der Waals surface area contributed by atoms with Crippen molar-refractivity contribution in [3.63, 3.8) is 0 Å². The maximum absolute atomic E-state index is 13.5. The lowest BCUT2D eigenvalue weighted by molar-refractivity contribution is -0.135. The molecule has 196 valence electrons. The molecular formula is C28H35N5O4. The summed E-state index contributed by atoms with van der Waals surface area (Å²) < 4.78 is 6.89. The van der Waals surface area contributed by atoms with Crippen LogP contribution in [-0.4, -0.2) is 83.1 Å². The van der Waals surface area contributed by atoms with E-state index in [1.54, 1.807) is 13.0 Å². The number of nitrogens with zero attached hydrogens (tertiary/aromatic N) is 4. The molecule has 2 aromatic rings. The van der Waals surface area contributed by atoms with Gasteiger partial charge in [0.05, 0.1) is 24.1 Å². The van der Waals surface area contributed by atoms with Crippen LogP contribution in [-0.2, 0) is 14.3 Å².